The smallest absolute Gasteiger partial charge is 0.269 e. The molecule has 0 unspecified atom stereocenters. The minimum atomic E-state index is -0.121. The van der Waals surface area contributed by atoms with Gasteiger partial charge in [-0.15, -0.1) is 0 Å². The van der Waals surface area contributed by atoms with Crippen LogP contribution in [-0.2, 0) is 0 Å². The molecule has 3 rings (SSSR count). The van der Waals surface area contributed by atoms with Crippen molar-refractivity contribution in [1.29, 1.82) is 0 Å². The highest BCUT2D eigenvalue weighted by Crippen LogP contribution is 2.32. The minimum absolute atomic E-state index is 0.121. The number of nitrogens with zero attached hydrogens (tertiary/aromatic N) is 1. The third-order valence-electron chi connectivity index (χ3n) is 4.62. The lowest BCUT2D eigenvalue weighted by Crippen LogP contribution is -2.30. The van der Waals surface area contributed by atoms with Gasteiger partial charge in [-0.1, -0.05) is 30.9 Å². The third-order valence-corrected chi connectivity index (χ3v) is 4.85. The summed E-state index contributed by atoms with van der Waals surface area (Å²) in [5.41, 5.74) is 1.87. The number of nitrogens with one attached hydrogen (secondary N) is 2. The summed E-state index contributed by atoms with van der Waals surface area (Å²) in [7, 11) is 0. The van der Waals surface area contributed by atoms with Crippen molar-refractivity contribution in [3.05, 3.63) is 35.0 Å². The number of aromatic nitrogens is 2. The topological polar surface area (TPSA) is 67.0 Å². The summed E-state index contributed by atoms with van der Waals surface area (Å²) in [4.78, 5) is 12.4. The minimum Gasteiger partial charge on any atom is -0.493 e. The van der Waals surface area contributed by atoms with Crippen molar-refractivity contribution in [3.63, 3.8) is 0 Å². The van der Waals surface area contributed by atoms with Crippen LogP contribution in [0.4, 0.5) is 0 Å². The molecule has 1 aliphatic rings. The van der Waals surface area contributed by atoms with Crippen molar-refractivity contribution in [2.75, 3.05) is 13.2 Å². The first-order valence-corrected chi connectivity index (χ1v) is 9.31. The normalized spacial score (nSPS) is 15.1. The van der Waals surface area contributed by atoms with Crippen molar-refractivity contribution in [1.82, 2.24) is 15.5 Å². The molecule has 0 bridgehead atoms. The van der Waals surface area contributed by atoms with Crippen LogP contribution in [0.3, 0.4) is 0 Å². The highest BCUT2D eigenvalue weighted by Gasteiger charge is 2.17. The van der Waals surface area contributed by atoms with Gasteiger partial charge in [0.1, 0.15) is 11.4 Å². The molecule has 1 saturated carbocycles. The second kappa shape index (κ2) is 8.39. The van der Waals surface area contributed by atoms with Crippen LogP contribution in [0.5, 0.6) is 5.75 Å². The number of hydrogen-bond acceptors (Lipinski definition) is 3. The van der Waals surface area contributed by atoms with E-state index in [4.69, 9.17) is 16.3 Å². The molecule has 6 heteroatoms. The van der Waals surface area contributed by atoms with Crippen LogP contribution in [-0.4, -0.2) is 29.3 Å². The molecule has 1 amide bonds. The van der Waals surface area contributed by atoms with Gasteiger partial charge in [-0.05, 0) is 49.9 Å². The lowest BCUT2D eigenvalue weighted by molar-refractivity contribution is 0.0938. The fourth-order valence-electron chi connectivity index (χ4n) is 3.28. The van der Waals surface area contributed by atoms with E-state index in [2.05, 4.69) is 15.5 Å². The van der Waals surface area contributed by atoms with Gasteiger partial charge in [-0.3, -0.25) is 9.89 Å². The number of H-pyrrole nitrogens is 1. The van der Waals surface area contributed by atoms with E-state index >= 15 is 0 Å². The average molecular weight is 362 g/mol. The Kier molecular flexibility index (Phi) is 5.97. The van der Waals surface area contributed by atoms with Gasteiger partial charge < -0.3 is 10.1 Å². The van der Waals surface area contributed by atoms with E-state index in [1.165, 1.54) is 32.1 Å². The van der Waals surface area contributed by atoms with Gasteiger partial charge in [0, 0.05) is 17.1 Å². The number of rotatable bonds is 6. The standard InChI is InChI=1S/C19H24ClN3O2/c1-2-25-18-9-8-14(20)10-15(18)16-11-17(23-22-16)19(24)21-12-13-6-4-3-5-7-13/h8-11,13H,2-7,12H2,1H3,(H,21,24)(H,22,23). The van der Waals surface area contributed by atoms with Gasteiger partial charge in [0.15, 0.2) is 0 Å². The molecule has 1 aromatic carbocycles. The molecule has 0 aliphatic heterocycles. The SMILES string of the molecule is CCOc1ccc(Cl)cc1-c1cc(C(=O)NCC2CCCCC2)[nH]n1. The molecule has 0 radical (unpaired) electrons. The lowest BCUT2D eigenvalue weighted by Gasteiger charge is -2.21. The molecule has 1 heterocycles. The first kappa shape index (κ1) is 17.8. The number of carbonyl (C=O) groups excluding carboxylic acids is 1. The molecule has 2 aromatic rings. The monoisotopic (exact) mass is 361 g/mol. The highest BCUT2D eigenvalue weighted by atomic mass is 35.5. The molecular weight excluding hydrogens is 338 g/mol. The molecule has 25 heavy (non-hydrogen) atoms. The molecule has 1 fully saturated rings. The predicted molar refractivity (Wildman–Crippen MR) is 99.1 cm³/mol. The van der Waals surface area contributed by atoms with Crippen LogP contribution in [0.25, 0.3) is 11.3 Å². The Labute approximate surface area is 153 Å². The summed E-state index contributed by atoms with van der Waals surface area (Å²) in [5.74, 6) is 1.18. The molecular formula is C19H24ClN3O2. The van der Waals surface area contributed by atoms with E-state index in [9.17, 15) is 4.79 Å². The number of benzene rings is 1. The fourth-order valence-corrected chi connectivity index (χ4v) is 3.46. The first-order valence-electron chi connectivity index (χ1n) is 8.93. The van der Waals surface area contributed by atoms with Crippen molar-refractivity contribution in [3.8, 4) is 17.0 Å². The Balaban J connectivity index is 1.69. The maximum absolute atomic E-state index is 12.4. The van der Waals surface area contributed by atoms with Gasteiger partial charge in [0.05, 0.1) is 12.3 Å². The van der Waals surface area contributed by atoms with Crippen LogP contribution in [0.1, 0.15) is 49.5 Å². The summed E-state index contributed by atoms with van der Waals surface area (Å²) in [5, 5.41) is 10.7. The maximum atomic E-state index is 12.4. The zero-order chi connectivity index (χ0) is 17.6. The average Bonchev–Trinajstić information content (AvgIpc) is 3.12. The maximum Gasteiger partial charge on any atom is 0.269 e. The molecule has 2 N–H and O–H groups in total. The first-order chi connectivity index (χ1) is 12.2. The second-order valence-electron chi connectivity index (χ2n) is 6.45. The van der Waals surface area contributed by atoms with Crippen LogP contribution >= 0.6 is 11.6 Å². The van der Waals surface area contributed by atoms with Gasteiger partial charge in [-0.2, -0.15) is 5.10 Å². The van der Waals surface area contributed by atoms with Gasteiger partial charge in [0.2, 0.25) is 0 Å². The van der Waals surface area contributed by atoms with E-state index in [1.807, 2.05) is 13.0 Å². The zero-order valence-corrected chi connectivity index (χ0v) is 15.2. The Morgan fingerprint density at radius 2 is 2.12 bits per heavy atom. The number of aromatic amines is 1. The third kappa shape index (κ3) is 4.54. The van der Waals surface area contributed by atoms with Gasteiger partial charge in [0.25, 0.3) is 5.91 Å². The Morgan fingerprint density at radius 3 is 2.88 bits per heavy atom. The van der Waals surface area contributed by atoms with E-state index < -0.39 is 0 Å². The number of halogens is 1. The van der Waals surface area contributed by atoms with E-state index in [1.54, 1.807) is 18.2 Å². The van der Waals surface area contributed by atoms with Gasteiger partial charge in [-0.25, -0.2) is 0 Å². The summed E-state index contributed by atoms with van der Waals surface area (Å²) >= 11 is 6.10. The van der Waals surface area contributed by atoms with Crippen molar-refractivity contribution >= 4 is 17.5 Å². The Hall–Kier alpha value is -2.01. The van der Waals surface area contributed by atoms with Crippen molar-refractivity contribution in [2.45, 2.75) is 39.0 Å². The number of carbonyl (C=O) groups is 1. The Bertz CT molecular complexity index is 723. The second-order valence-corrected chi connectivity index (χ2v) is 6.89. The number of hydrogen-bond donors (Lipinski definition) is 2. The molecule has 0 spiro atoms. The van der Waals surface area contributed by atoms with Crippen LogP contribution < -0.4 is 10.1 Å². The quantitative estimate of drug-likeness (QED) is 0.799. The molecule has 134 valence electrons. The van der Waals surface area contributed by atoms with E-state index in [0.29, 0.717) is 34.7 Å². The molecule has 0 atom stereocenters. The Morgan fingerprint density at radius 1 is 1.32 bits per heavy atom. The summed E-state index contributed by atoms with van der Waals surface area (Å²) in [6, 6.07) is 7.13. The highest BCUT2D eigenvalue weighted by molar-refractivity contribution is 6.31. The van der Waals surface area contributed by atoms with Crippen LogP contribution in [0, 0.1) is 5.92 Å². The number of ether oxygens (including phenoxy) is 1. The largest absolute Gasteiger partial charge is 0.493 e. The summed E-state index contributed by atoms with van der Waals surface area (Å²) in [6.07, 6.45) is 6.26. The van der Waals surface area contributed by atoms with Crippen LogP contribution in [0.2, 0.25) is 5.02 Å². The summed E-state index contributed by atoms with van der Waals surface area (Å²) < 4.78 is 5.63. The van der Waals surface area contributed by atoms with Gasteiger partial charge >= 0.3 is 0 Å². The van der Waals surface area contributed by atoms with E-state index in [-0.39, 0.29) is 5.91 Å². The zero-order valence-electron chi connectivity index (χ0n) is 14.5. The fraction of sp³-hybridized carbons (Fsp3) is 0.474. The lowest BCUT2D eigenvalue weighted by atomic mass is 9.89. The number of amides is 1. The van der Waals surface area contributed by atoms with E-state index in [0.717, 1.165) is 12.1 Å². The molecule has 5 nitrogen and oxygen atoms in total. The van der Waals surface area contributed by atoms with Crippen molar-refractivity contribution in [2.24, 2.45) is 5.92 Å². The molecule has 1 aromatic heterocycles. The summed E-state index contributed by atoms with van der Waals surface area (Å²) in [6.45, 7) is 3.20. The molecule has 1 aliphatic carbocycles. The van der Waals surface area contributed by atoms with Crippen LogP contribution in [0.15, 0.2) is 24.3 Å². The van der Waals surface area contributed by atoms with Crippen molar-refractivity contribution < 1.29 is 9.53 Å². The predicted octanol–water partition coefficient (Wildman–Crippen LogP) is 4.44. The molecule has 0 saturated heterocycles.